The van der Waals surface area contributed by atoms with Crippen LogP contribution in [0.1, 0.15) is 5.56 Å². The van der Waals surface area contributed by atoms with Crippen LogP contribution in [0.2, 0.25) is 0 Å². The van der Waals surface area contributed by atoms with Crippen LogP contribution in [0.15, 0.2) is 36.8 Å². The summed E-state index contributed by atoms with van der Waals surface area (Å²) in [6.07, 6.45) is 5.27. The van der Waals surface area contributed by atoms with Gasteiger partial charge in [-0.05, 0) is 19.2 Å². The Labute approximate surface area is 155 Å². The summed E-state index contributed by atoms with van der Waals surface area (Å²) in [5.41, 5.74) is 4.07. The lowest BCUT2D eigenvalue weighted by Gasteiger charge is -2.14. The van der Waals surface area contributed by atoms with Gasteiger partial charge in [0, 0.05) is 36.3 Å². The van der Waals surface area contributed by atoms with Crippen molar-refractivity contribution in [2.75, 3.05) is 14.2 Å². The third kappa shape index (κ3) is 2.93. The molecule has 0 bridgehead atoms. The molecule has 4 aromatic rings. The molecule has 138 valence electrons. The van der Waals surface area contributed by atoms with E-state index in [2.05, 4.69) is 25.6 Å². The van der Waals surface area contributed by atoms with Gasteiger partial charge in [-0.15, -0.1) is 0 Å². The summed E-state index contributed by atoms with van der Waals surface area (Å²) >= 11 is 0. The van der Waals surface area contributed by atoms with Crippen molar-refractivity contribution in [3.8, 4) is 28.3 Å². The molecule has 0 aliphatic carbocycles. The molecular weight excluding hydrogens is 347 g/mol. The number of nitrogens with one attached hydrogen (secondary N) is 2. The first-order valence-corrected chi connectivity index (χ1v) is 8.46. The highest BCUT2D eigenvalue weighted by molar-refractivity contribution is 5.94. The zero-order valence-corrected chi connectivity index (χ0v) is 15.2. The zero-order chi connectivity index (χ0) is 19.0. The molecule has 3 heterocycles. The Balaban J connectivity index is 1.91. The average Bonchev–Trinajstić information content (AvgIpc) is 3.28. The number of pyridine rings is 1. The van der Waals surface area contributed by atoms with E-state index in [1.54, 1.807) is 23.1 Å². The Morgan fingerprint density at radius 1 is 1.30 bits per heavy atom. The number of aromatic amines is 1. The zero-order valence-electron chi connectivity index (χ0n) is 15.2. The van der Waals surface area contributed by atoms with Gasteiger partial charge >= 0.3 is 0 Å². The smallest absolute Gasteiger partial charge is 0.136 e. The number of fused-ring (bicyclic) bond motifs is 1. The highest BCUT2D eigenvalue weighted by Gasteiger charge is 2.19. The number of hydrogen-bond acceptors (Lipinski definition) is 5. The van der Waals surface area contributed by atoms with E-state index in [1.165, 1.54) is 13.2 Å². The molecule has 1 aromatic carbocycles. The SMILES string of the molecule is CNCc1ccc(F)c(-c2cc3c(-c4cnn(C)c4)n[nH]c3cn2)c1OC. The maximum absolute atomic E-state index is 14.7. The highest BCUT2D eigenvalue weighted by Crippen LogP contribution is 2.37. The van der Waals surface area contributed by atoms with Crippen molar-refractivity contribution in [3.05, 3.63) is 48.2 Å². The summed E-state index contributed by atoms with van der Waals surface area (Å²) < 4.78 is 21.9. The van der Waals surface area contributed by atoms with Gasteiger partial charge in [0.15, 0.2) is 0 Å². The fraction of sp³-hybridized carbons (Fsp3) is 0.211. The van der Waals surface area contributed by atoms with E-state index in [0.717, 1.165) is 27.7 Å². The number of methoxy groups -OCH3 is 1. The lowest BCUT2D eigenvalue weighted by Crippen LogP contribution is -2.08. The Kier molecular flexibility index (Phi) is 4.33. The number of benzene rings is 1. The normalized spacial score (nSPS) is 11.3. The number of ether oxygens (including phenoxy) is 1. The quantitative estimate of drug-likeness (QED) is 0.568. The van der Waals surface area contributed by atoms with E-state index in [-0.39, 0.29) is 5.82 Å². The first-order chi connectivity index (χ1) is 13.1. The molecule has 8 heteroatoms. The van der Waals surface area contributed by atoms with Gasteiger partial charge in [-0.3, -0.25) is 14.8 Å². The van der Waals surface area contributed by atoms with Crippen molar-refractivity contribution in [2.45, 2.75) is 6.54 Å². The Bertz CT molecular complexity index is 1120. The van der Waals surface area contributed by atoms with Gasteiger partial charge in [0.1, 0.15) is 17.3 Å². The van der Waals surface area contributed by atoms with E-state index in [1.807, 2.05) is 26.4 Å². The second-order valence-electron chi connectivity index (χ2n) is 6.24. The van der Waals surface area contributed by atoms with Crippen LogP contribution < -0.4 is 10.1 Å². The fourth-order valence-electron chi connectivity index (χ4n) is 3.22. The molecule has 0 fully saturated rings. The predicted octanol–water partition coefficient (Wildman–Crippen LogP) is 2.89. The number of rotatable bonds is 5. The minimum Gasteiger partial charge on any atom is -0.496 e. The van der Waals surface area contributed by atoms with E-state index < -0.39 is 0 Å². The van der Waals surface area contributed by atoms with Gasteiger partial charge in [0.05, 0.1) is 36.3 Å². The fourth-order valence-corrected chi connectivity index (χ4v) is 3.22. The standard InChI is InChI=1S/C19H19FN6O/c1-21-7-11-4-5-14(20)17(19(11)27-3)15-6-13-16(9-22-15)24-25-18(13)12-8-23-26(2)10-12/h4-6,8-10,21H,7H2,1-3H3,(H,24,25). The summed E-state index contributed by atoms with van der Waals surface area (Å²) in [5, 5.41) is 15.4. The summed E-state index contributed by atoms with van der Waals surface area (Å²) in [4.78, 5) is 4.43. The molecule has 0 spiro atoms. The van der Waals surface area contributed by atoms with Crippen molar-refractivity contribution >= 4 is 10.9 Å². The number of halogens is 1. The lowest BCUT2D eigenvalue weighted by atomic mass is 10.0. The number of hydrogen-bond donors (Lipinski definition) is 2. The van der Waals surface area contributed by atoms with E-state index >= 15 is 0 Å². The molecule has 0 unspecified atom stereocenters. The Hall–Kier alpha value is -3.26. The first kappa shape index (κ1) is 17.2. The van der Waals surface area contributed by atoms with Crippen molar-refractivity contribution in [2.24, 2.45) is 7.05 Å². The maximum Gasteiger partial charge on any atom is 0.136 e. The number of aryl methyl sites for hydroxylation is 1. The van der Waals surface area contributed by atoms with Gasteiger partial charge in [-0.25, -0.2) is 4.39 Å². The molecule has 0 aliphatic rings. The summed E-state index contributed by atoms with van der Waals surface area (Å²) in [5.74, 6) is 0.0904. The van der Waals surface area contributed by atoms with Crippen LogP contribution in [0.3, 0.4) is 0 Å². The number of aromatic nitrogens is 5. The van der Waals surface area contributed by atoms with E-state index in [9.17, 15) is 4.39 Å². The number of H-pyrrole nitrogens is 1. The van der Waals surface area contributed by atoms with Crippen LogP contribution in [0.5, 0.6) is 5.75 Å². The third-order valence-electron chi connectivity index (χ3n) is 4.44. The molecular formula is C19H19FN6O. The van der Waals surface area contributed by atoms with Gasteiger partial charge < -0.3 is 10.1 Å². The Morgan fingerprint density at radius 2 is 2.15 bits per heavy atom. The Morgan fingerprint density at radius 3 is 2.85 bits per heavy atom. The van der Waals surface area contributed by atoms with Crippen molar-refractivity contribution in [1.82, 2.24) is 30.3 Å². The van der Waals surface area contributed by atoms with Gasteiger partial charge in [0.2, 0.25) is 0 Å². The monoisotopic (exact) mass is 366 g/mol. The van der Waals surface area contributed by atoms with E-state index in [0.29, 0.717) is 23.6 Å². The van der Waals surface area contributed by atoms with Crippen LogP contribution in [-0.4, -0.2) is 39.1 Å². The minimum absolute atomic E-state index is 0.338. The minimum atomic E-state index is -0.384. The summed E-state index contributed by atoms with van der Waals surface area (Å²) in [6.45, 7) is 0.561. The molecule has 0 aliphatic heterocycles. The molecule has 0 atom stereocenters. The highest BCUT2D eigenvalue weighted by atomic mass is 19.1. The molecule has 7 nitrogen and oxygen atoms in total. The van der Waals surface area contributed by atoms with Crippen LogP contribution in [0.4, 0.5) is 4.39 Å². The maximum atomic E-state index is 14.7. The van der Waals surface area contributed by atoms with Crippen LogP contribution in [-0.2, 0) is 13.6 Å². The topological polar surface area (TPSA) is 80.7 Å². The molecule has 2 N–H and O–H groups in total. The molecule has 0 amide bonds. The van der Waals surface area contributed by atoms with Gasteiger partial charge in [-0.1, -0.05) is 6.07 Å². The third-order valence-corrected chi connectivity index (χ3v) is 4.44. The van der Waals surface area contributed by atoms with Crippen molar-refractivity contribution in [1.29, 1.82) is 0 Å². The average molecular weight is 366 g/mol. The molecule has 3 aromatic heterocycles. The van der Waals surface area contributed by atoms with Crippen LogP contribution in [0.25, 0.3) is 33.4 Å². The van der Waals surface area contributed by atoms with Gasteiger partial charge in [-0.2, -0.15) is 10.2 Å². The van der Waals surface area contributed by atoms with E-state index in [4.69, 9.17) is 4.74 Å². The molecule has 0 saturated carbocycles. The first-order valence-electron chi connectivity index (χ1n) is 8.46. The van der Waals surface area contributed by atoms with Crippen LogP contribution in [0, 0.1) is 5.82 Å². The van der Waals surface area contributed by atoms with Crippen LogP contribution >= 0.6 is 0 Å². The number of nitrogens with zero attached hydrogens (tertiary/aromatic N) is 4. The lowest BCUT2D eigenvalue weighted by molar-refractivity contribution is 0.407. The van der Waals surface area contributed by atoms with Crippen molar-refractivity contribution in [3.63, 3.8) is 0 Å². The second-order valence-corrected chi connectivity index (χ2v) is 6.24. The molecule has 0 radical (unpaired) electrons. The predicted molar refractivity (Wildman–Crippen MR) is 101 cm³/mol. The summed E-state index contributed by atoms with van der Waals surface area (Å²) in [7, 11) is 5.21. The second kappa shape index (κ2) is 6.81. The molecule has 0 saturated heterocycles. The van der Waals surface area contributed by atoms with Gasteiger partial charge in [0.25, 0.3) is 0 Å². The summed E-state index contributed by atoms with van der Waals surface area (Å²) in [6, 6.07) is 4.98. The molecule has 27 heavy (non-hydrogen) atoms. The largest absolute Gasteiger partial charge is 0.496 e. The van der Waals surface area contributed by atoms with Crippen molar-refractivity contribution < 1.29 is 9.13 Å². The molecule has 4 rings (SSSR count).